The first-order valence-corrected chi connectivity index (χ1v) is 11.8. The third-order valence-electron chi connectivity index (χ3n) is 7.04. The Balaban J connectivity index is 1.16. The lowest BCUT2D eigenvalue weighted by atomic mass is 9.76. The highest BCUT2D eigenvalue weighted by atomic mass is 32.1. The Morgan fingerprint density at radius 1 is 1.25 bits per heavy atom. The second-order valence-corrected chi connectivity index (χ2v) is 10.4. The first kappa shape index (κ1) is 18.5. The van der Waals surface area contributed by atoms with Crippen LogP contribution < -0.4 is 5.32 Å². The van der Waals surface area contributed by atoms with E-state index in [2.05, 4.69) is 26.4 Å². The molecule has 0 unspecified atom stereocenters. The predicted molar refractivity (Wildman–Crippen MR) is 121 cm³/mol. The lowest BCUT2D eigenvalue weighted by Crippen LogP contribution is -2.68. The zero-order valence-corrected chi connectivity index (χ0v) is 18.3. The molecule has 162 valence electrons. The van der Waals surface area contributed by atoms with E-state index >= 15 is 0 Å². The van der Waals surface area contributed by atoms with E-state index in [-0.39, 0.29) is 11.3 Å². The first-order valence-electron chi connectivity index (χ1n) is 11.0. The van der Waals surface area contributed by atoms with Crippen molar-refractivity contribution in [3.05, 3.63) is 47.4 Å². The Hall–Kier alpha value is -3.04. The maximum Gasteiger partial charge on any atom is 0.226 e. The van der Waals surface area contributed by atoms with E-state index < -0.39 is 0 Å². The molecular weight excluding hydrogens is 424 g/mol. The Labute approximate surface area is 188 Å². The largest absolute Gasteiger partial charge is 0.380 e. The fraction of sp³-hybridized carbons (Fsp3) is 0.391. The van der Waals surface area contributed by atoms with Crippen LogP contribution in [0.5, 0.6) is 0 Å². The van der Waals surface area contributed by atoms with Gasteiger partial charge in [0.1, 0.15) is 17.0 Å². The van der Waals surface area contributed by atoms with Gasteiger partial charge >= 0.3 is 0 Å². The maximum absolute atomic E-state index is 13.1. The van der Waals surface area contributed by atoms with Gasteiger partial charge in [-0.2, -0.15) is 5.10 Å². The van der Waals surface area contributed by atoms with Crippen LogP contribution in [0.4, 0.5) is 11.5 Å². The van der Waals surface area contributed by atoms with Crippen LogP contribution in [0.3, 0.4) is 0 Å². The minimum atomic E-state index is 0.0718. The number of anilines is 2. The number of ether oxygens (including phenoxy) is 1. The minimum absolute atomic E-state index is 0.0718. The second kappa shape index (κ2) is 6.73. The highest BCUT2D eigenvalue weighted by Gasteiger charge is 2.51. The third-order valence-corrected chi connectivity index (χ3v) is 8.20. The first-order chi connectivity index (χ1) is 15.7. The molecule has 0 radical (unpaired) electrons. The van der Waals surface area contributed by atoms with Gasteiger partial charge < -0.3 is 15.0 Å². The van der Waals surface area contributed by atoms with Gasteiger partial charge in [0.25, 0.3) is 0 Å². The molecule has 6 heterocycles. The molecule has 1 N–H and O–H groups in total. The van der Waals surface area contributed by atoms with Gasteiger partial charge in [-0.1, -0.05) is 0 Å². The maximum atomic E-state index is 13.1. The lowest BCUT2D eigenvalue weighted by molar-refractivity contribution is -0.197. The predicted octanol–water partition coefficient (Wildman–Crippen LogP) is 3.05. The molecule has 3 aliphatic rings. The zero-order chi connectivity index (χ0) is 21.3. The average molecular weight is 447 g/mol. The van der Waals surface area contributed by atoms with E-state index in [1.165, 1.54) is 10.4 Å². The quantitative estimate of drug-likeness (QED) is 0.521. The number of carbonyl (C=O) groups excluding carboxylic acids is 1. The monoisotopic (exact) mass is 446 g/mol. The van der Waals surface area contributed by atoms with Crippen molar-refractivity contribution in [1.82, 2.24) is 24.5 Å². The topological polar surface area (TPSA) is 84.7 Å². The minimum Gasteiger partial charge on any atom is -0.380 e. The summed E-state index contributed by atoms with van der Waals surface area (Å²) in [4.78, 5) is 26.5. The summed E-state index contributed by atoms with van der Waals surface area (Å²) < 4.78 is 7.18. The third kappa shape index (κ3) is 2.77. The summed E-state index contributed by atoms with van der Waals surface area (Å²) in [6, 6.07) is 6.03. The number of hydrogen-bond acceptors (Lipinski definition) is 7. The molecule has 7 rings (SSSR count). The number of carbonyl (C=O) groups is 1. The molecule has 4 aromatic heterocycles. The van der Waals surface area contributed by atoms with E-state index in [1.54, 1.807) is 23.9 Å². The lowest BCUT2D eigenvalue weighted by Gasteiger charge is -2.55. The number of aromatic nitrogens is 4. The van der Waals surface area contributed by atoms with Crippen LogP contribution in [0.25, 0.3) is 15.7 Å². The van der Waals surface area contributed by atoms with E-state index in [9.17, 15) is 4.79 Å². The molecule has 1 aliphatic carbocycles. The van der Waals surface area contributed by atoms with Crippen molar-refractivity contribution >= 4 is 44.5 Å². The van der Waals surface area contributed by atoms with Gasteiger partial charge in [0.15, 0.2) is 0 Å². The Morgan fingerprint density at radius 3 is 3.00 bits per heavy atom. The summed E-state index contributed by atoms with van der Waals surface area (Å²) in [6.45, 7) is 3.35. The Bertz CT molecular complexity index is 1370. The van der Waals surface area contributed by atoms with Gasteiger partial charge in [-0.15, -0.1) is 11.3 Å². The van der Waals surface area contributed by atoms with Gasteiger partial charge in [0, 0.05) is 42.0 Å². The average Bonchev–Trinajstić information content (AvgIpc) is 3.35. The van der Waals surface area contributed by atoms with Gasteiger partial charge in [0.05, 0.1) is 29.5 Å². The van der Waals surface area contributed by atoms with Crippen molar-refractivity contribution in [2.24, 2.45) is 11.3 Å². The molecule has 2 aliphatic heterocycles. The van der Waals surface area contributed by atoms with E-state index in [0.717, 1.165) is 72.8 Å². The molecule has 0 saturated carbocycles. The summed E-state index contributed by atoms with van der Waals surface area (Å²) in [6.07, 6.45) is 7.91. The summed E-state index contributed by atoms with van der Waals surface area (Å²) >= 11 is 1.71. The number of rotatable bonds is 3. The van der Waals surface area contributed by atoms with Gasteiger partial charge in [-0.3, -0.25) is 4.79 Å². The number of aryl methyl sites for hydroxylation is 1. The zero-order valence-electron chi connectivity index (χ0n) is 17.5. The molecule has 1 spiro atoms. The normalized spacial score (nSPS) is 21.4. The van der Waals surface area contributed by atoms with Gasteiger partial charge in [-0.25, -0.2) is 14.5 Å². The Kier molecular flexibility index (Phi) is 3.89. The number of nitrogens with zero attached hydrogens (tertiary/aromatic N) is 5. The number of amides is 1. The number of hydrogen-bond donors (Lipinski definition) is 1. The van der Waals surface area contributed by atoms with E-state index in [1.807, 2.05) is 27.7 Å². The number of thiophene rings is 1. The van der Waals surface area contributed by atoms with Crippen LogP contribution in [0.1, 0.15) is 16.9 Å². The van der Waals surface area contributed by atoms with Crippen LogP contribution in [-0.4, -0.2) is 56.7 Å². The van der Waals surface area contributed by atoms with E-state index in [0.29, 0.717) is 5.91 Å². The van der Waals surface area contributed by atoms with Gasteiger partial charge in [0.2, 0.25) is 5.91 Å². The van der Waals surface area contributed by atoms with Crippen molar-refractivity contribution in [3.63, 3.8) is 0 Å². The van der Waals surface area contributed by atoms with Crippen molar-refractivity contribution in [1.29, 1.82) is 0 Å². The molecule has 1 atom stereocenters. The summed E-state index contributed by atoms with van der Waals surface area (Å²) in [5, 5.41) is 8.84. The fourth-order valence-corrected chi connectivity index (χ4v) is 6.57. The molecule has 0 aromatic carbocycles. The van der Waals surface area contributed by atoms with Crippen LogP contribution in [0, 0.1) is 11.3 Å². The van der Waals surface area contributed by atoms with Crippen molar-refractivity contribution < 1.29 is 9.53 Å². The van der Waals surface area contributed by atoms with Crippen LogP contribution in [-0.2, 0) is 22.4 Å². The second-order valence-electron chi connectivity index (χ2n) is 9.27. The molecular formula is C23H22N6O2S. The van der Waals surface area contributed by atoms with Crippen molar-refractivity contribution in [3.8, 4) is 0 Å². The molecule has 9 heteroatoms. The SMILES string of the molecule is O=C([C@H]1CCc2c(sc3ncnc(Nc4ccn5nccc5c4)c23)C1)N1CC2(COC2)C1. The molecule has 32 heavy (non-hydrogen) atoms. The highest BCUT2D eigenvalue weighted by molar-refractivity contribution is 7.19. The van der Waals surface area contributed by atoms with E-state index in [4.69, 9.17) is 4.74 Å². The summed E-state index contributed by atoms with van der Waals surface area (Å²) in [7, 11) is 0. The number of likely N-dealkylation sites (tertiary alicyclic amines) is 1. The number of nitrogens with one attached hydrogen (secondary N) is 1. The van der Waals surface area contributed by atoms with Gasteiger partial charge in [-0.05, 0) is 43.0 Å². The fourth-order valence-electron chi connectivity index (χ4n) is 5.30. The van der Waals surface area contributed by atoms with Crippen LogP contribution in [0.2, 0.25) is 0 Å². The number of fused-ring (bicyclic) bond motifs is 4. The molecule has 2 fully saturated rings. The van der Waals surface area contributed by atoms with Crippen LogP contribution >= 0.6 is 11.3 Å². The smallest absolute Gasteiger partial charge is 0.226 e. The highest BCUT2D eigenvalue weighted by Crippen LogP contribution is 2.43. The molecule has 0 bridgehead atoms. The van der Waals surface area contributed by atoms with Crippen LogP contribution in [0.15, 0.2) is 36.9 Å². The van der Waals surface area contributed by atoms with Crippen molar-refractivity contribution in [2.75, 3.05) is 31.6 Å². The summed E-state index contributed by atoms with van der Waals surface area (Å²) in [5.74, 6) is 1.21. The molecule has 2 saturated heterocycles. The molecule has 8 nitrogen and oxygen atoms in total. The number of pyridine rings is 1. The standard InChI is InChI=1S/C23H22N6O2S/c30-22(28-9-23(10-28)11-31-12-23)14-1-2-17-18(7-14)32-21-19(17)20(24-13-25-21)27-15-4-6-29-16(8-15)3-5-26-29/h3-6,8,13-14H,1-2,7,9-12H2,(H,24,25,27)/t14-/m0/s1. The summed E-state index contributed by atoms with van der Waals surface area (Å²) in [5.41, 5.74) is 3.56. The molecule has 1 amide bonds. The van der Waals surface area contributed by atoms with Crippen molar-refractivity contribution in [2.45, 2.75) is 19.3 Å². The Morgan fingerprint density at radius 2 is 2.16 bits per heavy atom. The molecule has 4 aromatic rings.